The second-order valence-electron chi connectivity index (χ2n) is 5.20. The molecule has 0 bridgehead atoms. The highest BCUT2D eigenvalue weighted by Gasteiger charge is 2.15. The molecule has 0 spiro atoms. The monoisotopic (exact) mass is 277 g/mol. The van der Waals surface area contributed by atoms with Crippen LogP contribution in [0.15, 0.2) is 12.1 Å². The minimum absolute atomic E-state index is 0.0297. The van der Waals surface area contributed by atoms with Crippen LogP contribution in [0.25, 0.3) is 0 Å². The summed E-state index contributed by atoms with van der Waals surface area (Å²) in [5, 5.41) is 12.1. The van der Waals surface area contributed by atoms with Crippen LogP contribution in [0.5, 0.6) is 0 Å². The van der Waals surface area contributed by atoms with Crippen molar-refractivity contribution < 1.29 is 23.0 Å². The van der Waals surface area contributed by atoms with Crippen LogP contribution < -0.4 is 5.32 Å². The standard InChI is InChI=1S/C13H18F3NO2/c1-13(2,3)19-7-8(18)6-17-12-5-10(15)9(14)4-11(12)16/h4-5,8,17-18H,6-7H2,1-3H3. The van der Waals surface area contributed by atoms with Crippen molar-refractivity contribution in [3.05, 3.63) is 29.6 Å². The van der Waals surface area contributed by atoms with Crippen LogP contribution in [0.3, 0.4) is 0 Å². The lowest BCUT2D eigenvalue weighted by atomic mass is 10.2. The molecule has 1 atom stereocenters. The number of aliphatic hydroxyl groups is 1. The molecular weight excluding hydrogens is 259 g/mol. The molecule has 0 aliphatic heterocycles. The third kappa shape index (κ3) is 5.48. The van der Waals surface area contributed by atoms with Gasteiger partial charge in [0.2, 0.25) is 0 Å². The maximum Gasteiger partial charge on any atom is 0.161 e. The number of aliphatic hydroxyl groups excluding tert-OH is 1. The third-order valence-corrected chi connectivity index (χ3v) is 2.25. The van der Waals surface area contributed by atoms with Crippen molar-refractivity contribution in [2.45, 2.75) is 32.5 Å². The molecule has 0 saturated carbocycles. The van der Waals surface area contributed by atoms with Crippen LogP contribution in [-0.2, 0) is 4.74 Å². The van der Waals surface area contributed by atoms with Crippen LogP contribution in [0.4, 0.5) is 18.9 Å². The number of rotatable bonds is 5. The van der Waals surface area contributed by atoms with Crippen LogP contribution in [-0.4, -0.2) is 30.0 Å². The van der Waals surface area contributed by atoms with Gasteiger partial charge in [0.1, 0.15) is 5.82 Å². The van der Waals surface area contributed by atoms with Gasteiger partial charge in [0.25, 0.3) is 0 Å². The molecule has 1 aromatic carbocycles. The van der Waals surface area contributed by atoms with Gasteiger partial charge in [0.05, 0.1) is 24.0 Å². The van der Waals surface area contributed by atoms with Crippen molar-refractivity contribution in [3.8, 4) is 0 Å². The minimum Gasteiger partial charge on any atom is -0.389 e. The number of hydrogen-bond donors (Lipinski definition) is 2. The SMILES string of the molecule is CC(C)(C)OCC(O)CNc1cc(F)c(F)cc1F. The number of benzene rings is 1. The van der Waals surface area contributed by atoms with Crippen molar-refractivity contribution in [1.29, 1.82) is 0 Å². The zero-order valence-electron chi connectivity index (χ0n) is 11.1. The molecule has 0 fully saturated rings. The molecule has 0 aliphatic carbocycles. The summed E-state index contributed by atoms with van der Waals surface area (Å²) < 4.78 is 44.2. The van der Waals surface area contributed by atoms with Crippen LogP contribution >= 0.6 is 0 Å². The summed E-state index contributed by atoms with van der Waals surface area (Å²) in [7, 11) is 0. The number of anilines is 1. The zero-order chi connectivity index (χ0) is 14.6. The highest BCUT2D eigenvalue weighted by atomic mass is 19.2. The van der Waals surface area contributed by atoms with E-state index in [2.05, 4.69) is 5.32 Å². The summed E-state index contributed by atoms with van der Waals surface area (Å²) in [6.45, 7) is 5.53. The van der Waals surface area contributed by atoms with Crippen molar-refractivity contribution in [2.24, 2.45) is 0 Å². The molecule has 1 unspecified atom stereocenters. The van der Waals surface area contributed by atoms with E-state index >= 15 is 0 Å². The molecule has 0 heterocycles. The maximum absolute atomic E-state index is 13.3. The summed E-state index contributed by atoms with van der Waals surface area (Å²) >= 11 is 0. The molecule has 1 aromatic rings. The van der Waals surface area contributed by atoms with Crippen LogP contribution in [0.1, 0.15) is 20.8 Å². The van der Waals surface area contributed by atoms with E-state index in [1.54, 1.807) is 0 Å². The Morgan fingerprint density at radius 1 is 1.16 bits per heavy atom. The fraction of sp³-hybridized carbons (Fsp3) is 0.538. The number of hydrogen-bond acceptors (Lipinski definition) is 3. The normalized spacial score (nSPS) is 13.4. The molecule has 0 aromatic heterocycles. The number of halogens is 3. The Hall–Kier alpha value is -1.27. The van der Waals surface area contributed by atoms with Crippen molar-refractivity contribution >= 4 is 5.69 Å². The molecule has 108 valence electrons. The topological polar surface area (TPSA) is 41.5 Å². The van der Waals surface area contributed by atoms with Gasteiger partial charge in [-0.05, 0) is 20.8 Å². The molecule has 2 N–H and O–H groups in total. The van der Waals surface area contributed by atoms with E-state index in [0.29, 0.717) is 12.1 Å². The largest absolute Gasteiger partial charge is 0.389 e. The van der Waals surface area contributed by atoms with Gasteiger partial charge in [0, 0.05) is 18.7 Å². The summed E-state index contributed by atoms with van der Waals surface area (Å²) in [4.78, 5) is 0. The van der Waals surface area contributed by atoms with Crippen LogP contribution in [0.2, 0.25) is 0 Å². The van der Waals surface area contributed by atoms with Gasteiger partial charge in [-0.15, -0.1) is 0 Å². The molecule has 0 amide bonds. The van der Waals surface area contributed by atoms with Gasteiger partial charge in [0.15, 0.2) is 11.6 Å². The maximum atomic E-state index is 13.3. The summed E-state index contributed by atoms with van der Waals surface area (Å²) in [5.74, 6) is -3.31. The highest BCUT2D eigenvalue weighted by molar-refractivity contribution is 5.45. The van der Waals surface area contributed by atoms with Crippen molar-refractivity contribution in [3.63, 3.8) is 0 Å². The molecule has 3 nitrogen and oxygen atoms in total. The second kappa shape index (κ2) is 6.25. The Kier molecular flexibility index (Phi) is 5.20. The van der Waals surface area contributed by atoms with E-state index in [9.17, 15) is 18.3 Å². The zero-order valence-corrected chi connectivity index (χ0v) is 11.1. The lowest BCUT2D eigenvalue weighted by Gasteiger charge is -2.22. The molecule has 1 rings (SSSR count). The first kappa shape index (κ1) is 15.8. The first-order valence-corrected chi connectivity index (χ1v) is 5.89. The van der Waals surface area contributed by atoms with E-state index in [1.165, 1.54) is 0 Å². The predicted molar refractivity (Wildman–Crippen MR) is 66.5 cm³/mol. The molecule has 0 aliphatic rings. The summed E-state index contributed by atoms with van der Waals surface area (Å²) in [6.07, 6.45) is -0.883. The lowest BCUT2D eigenvalue weighted by Crippen LogP contribution is -2.30. The average Bonchev–Trinajstić information content (AvgIpc) is 2.28. The second-order valence-corrected chi connectivity index (χ2v) is 5.20. The summed E-state index contributed by atoms with van der Waals surface area (Å²) in [6, 6.07) is 1.16. The molecular formula is C13H18F3NO2. The Morgan fingerprint density at radius 3 is 2.32 bits per heavy atom. The van der Waals surface area contributed by atoms with Gasteiger partial charge < -0.3 is 15.2 Å². The molecule has 19 heavy (non-hydrogen) atoms. The molecule has 0 radical (unpaired) electrons. The smallest absolute Gasteiger partial charge is 0.161 e. The van der Waals surface area contributed by atoms with E-state index < -0.39 is 29.2 Å². The molecule has 6 heteroatoms. The highest BCUT2D eigenvalue weighted by Crippen LogP contribution is 2.18. The third-order valence-electron chi connectivity index (χ3n) is 2.25. The van der Waals surface area contributed by atoms with Gasteiger partial charge in [-0.2, -0.15) is 0 Å². The number of nitrogens with one attached hydrogen (secondary N) is 1. The van der Waals surface area contributed by atoms with Gasteiger partial charge in [-0.1, -0.05) is 0 Å². The summed E-state index contributed by atoms with van der Waals surface area (Å²) in [5.41, 5.74) is -0.595. The van der Waals surface area contributed by atoms with E-state index in [4.69, 9.17) is 4.74 Å². The molecule has 0 saturated heterocycles. The fourth-order valence-electron chi connectivity index (χ4n) is 1.29. The van der Waals surface area contributed by atoms with Crippen molar-refractivity contribution in [2.75, 3.05) is 18.5 Å². The Balaban J connectivity index is 2.51. The Bertz CT molecular complexity index is 433. The van der Waals surface area contributed by atoms with Crippen molar-refractivity contribution in [1.82, 2.24) is 0 Å². The number of ether oxygens (including phenoxy) is 1. The average molecular weight is 277 g/mol. The first-order valence-electron chi connectivity index (χ1n) is 5.89. The Labute approximate surface area is 110 Å². The van der Waals surface area contributed by atoms with E-state index in [-0.39, 0.29) is 18.8 Å². The quantitative estimate of drug-likeness (QED) is 0.813. The lowest BCUT2D eigenvalue weighted by molar-refractivity contribution is -0.0449. The Morgan fingerprint density at radius 2 is 1.74 bits per heavy atom. The van der Waals surface area contributed by atoms with Crippen LogP contribution in [0, 0.1) is 17.5 Å². The van der Waals surface area contributed by atoms with E-state index in [0.717, 1.165) is 0 Å². The van der Waals surface area contributed by atoms with Gasteiger partial charge in [-0.25, -0.2) is 13.2 Å². The van der Waals surface area contributed by atoms with Gasteiger partial charge in [-0.3, -0.25) is 0 Å². The van der Waals surface area contributed by atoms with Gasteiger partial charge >= 0.3 is 0 Å². The van der Waals surface area contributed by atoms with E-state index in [1.807, 2.05) is 20.8 Å². The minimum atomic E-state index is -1.25. The predicted octanol–water partition coefficient (Wildman–Crippen LogP) is 2.69. The first-order chi connectivity index (χ1) is 8.69. The fourth-order valence-corrected chi connectivity index (χ4v) is 1.29.